The maximum atomic E-state index is 12.8. The summed E-state index contributed by atoms with van der Waals surface area (Å²) in [7, 11) is 1.58. The van der Waals surface area contributed by atoms with Crippen LogP contribution in [0.25, 0.3) is 0 Å². The number of carbonyl (C=O) groups is 2. The quantitative estimate of drug-likeness (QED) is 0.854. The number of rotatable bonds is 3. The highest BCUT2D eigenvalue weighted by atomic mass is 16.7. The summed E-state index contributed by atoms with van der Waals surface area (Å²) in [5.74, 6) is 0.877. The van der Waals surface area contributed by atoms with Crippen molar-refractivity contribution >= 4 is 11.8 Å². The molecule has 1 spiro atoms. The second kappa shape index (κ2) is 5.45. The number of benzene rings is 1. The molecule has 1 aromatic rings. The molecule has 2 bridgehead atoms. The number of hydrogen-bond donors (Lipinski definition) is 1. The number of hydrogen-bond acceptors (Lipinski definition) is 7. The Morgan fingerprint density at radius 2 is 2.22 bits per heavy atom. The van der Waals surface area contributed by atoms with Gasteiger partial charge in [0.1, 0.15) is 0 Å². The standard InChI is InChI=1S/C20H23NO6/c1-3-15(23)27-21-9-8-19-16-11-4-5-13(25-2)17(16)26-18(19)12(22)6-7-20(19,24)14(21)10-11/h4-5,14,18,24H,3,6-10H2,1-2H3/t14?,18-,19-,20+/m1/s1. The van der Waals surface area contributed by atoms with Crippen LogP contribution in [0.5, 0.6) is 11.5 Å². The van der Waals surface area contributed by atoms with Crippen LogP contribution >= 0.6 is 0 Å². The van der Waals surface area contributed by atoms with E-state index < -0.39 is 23.2 Å². The van der Waals surface area contributed by atoms with Crippen LogP contribution in [0.2, 0.25) is 0 Å². The maximum Gasteiger partial charge on any atom is 0.324 e. The first-order chi connectivity index (χ1) is 13.0. The first-order valence-corrected chi connectivity index (χ1v) is 9.56. The molecule has 0 amide bonds. The first-order valence-electron chi connectivity index (χ1n) is 9.56. The minimum Gasteiger partial charge on any atom is -0.493 e. The fraction of sp³-hybridized carbons (Fsp3) is 0.600. The van der Waals surface area contributed by atoms with Gasteiger partial charge in [-0.1, -0.05) is 13.0 Å². The minimum atomic E-state index is -1.19. The highest BCUT2D eigenvalue weighted by Gasteiger charge is 2.73. The molecule has 7 nitrogen and oxygen atoms in total. The molecule has 1 saturated carbocycles. The van der Waals surface area contributed by atoms with Gasteiger partial charge < -0.3 is 19.4 Å². The molecule has 144 valence electrons. The Morgan fingerprint density at radius 1 is 1.41 bits per heavy atom. The van der Waals surface area contributed by atoms with Crippen LogP contribution in [0.3, 0.4) is 0 Å². The third-order valence-corrected chi connectivity index (χ3v) is 6.92. The van der Waals surface area contributed by atoms with Crippen molar-refractivity contribution in [2.75, 3.05) is 13.7 Å². The molecule has 1 saturated heterocycles. The molecule has 4 atom stereocenters. The topological polar surface area (TPSA) is 85.3 Å². The monoisotopic (exact) mass is 373 g/mol. The van der Waals surface area contributed by atoms with Gasteiger partial charge in [0.15, 0.2) is 23.4 Å². The number of piperidine rings is 1. The average molecular weight is 373 g/mol. The number of ketones is 1. The van der Waals surface area contributed by atoms with Crippen molar-refractivity contribution < 1.29 is 29.0 Å². The zero-order chi connectivity index (χ0) is 19.0. The van der Waals surface area contributed by atoms with Crippen LogP contribution in [0.15, 0.2) is 12.1 Å². The molecule has 5 rings (SSSR count). The van der Waals surface area contributed by atoms with Gasteiger partial charge in [-0.2, -0.15) is 0 Å². The number of Topliss-reactive ketones (excluding diaryl/α,β-unsaturated/α-hetero) is 1. The van der Waals surface area contributed by atoms with E-state index in [-0.39, 0.29) is 24.6 Å². The molecule has 4 aliphatic rings. The fourth-order valence-electron chi connectivity index (χ4n) is 5.74. The molecule has 1 aromatic carbocycles. The zero-order valence-corrected chi connectivity index (χ0v) is 15.5. The van der Waals surface area contributed by atoms with Crippen molar-refractivity contribution in [2.24, 2.45) is 0 Å². The van der Waals surface area contributed by atoms with E-state index in [9.17, 15) is 14.7 Å². The van der Waals surface area contributed by atoms with Crippen LogP contribution < -0.4 is 9.47 Å². The lowest BCUT2D eigenvalue weighted by molar-refractivity contribution is -0.269. The molecule has 2 aliphatic heterocycles. The van der Waals surface area contributed by atoms with Gasteiger partial charge in [-0.05, 0) is 30.9 Å². The maximum absolute atomic E-state index is 12.8. The lowest BCUT2D eigenvalue weighted by atomic mass is 9.49. The second-order valence-electron chi connectivity index (χ2n) is 7.92. The summed E-state index contributed by atoms with van der Waals surface area (Å²) < 4.78 is 11.6. The molecule has 0 aromatic heterocycles. The second-order valence-corrected chi connectivity index (χ2v) is 7.92. The van der Waals surface area contributed by atoms with E-state index in [0.717, 1.165) is 11.1 Å². The smallest absolute Gasteiger partial charge is 0.324 e. The van der Waals surface area contributed by atoms with Crippen LogP contribution in [-0.4, -0.2) is 53.3 Å². The molecular weight excluding hydrogens is 350 g/mol. The summed E-state index contributed by atoms with van der Waals surface area (Å²) in [5, 5.41) is 13.6. The van der Waals surface area contributed by atoms with E-state index in [2.05, 4.69) is 0 Å². The van der Waals surface area contributed by atoms with Gasteiger partial charge in [0, 0.05) is 24.9 Å². The van der Waals surface area contributed by atoms with Gasteiger partial charge in [-0.3, -0.25) is 9.59 Å². The van der Waals surface area contributed by atoms with E-state index in [1.54, 1.807) is 19.1 Å². The summed E-state index contributed by atoms with van der Waals surface area (Å²) in [6.45, 7) is 2.21. The summed E-state index contributed by atoms with van der Waals surface area (Å²) in [6.07, 6.45) is 1.17. The Hall–Kier alpha value is -2.12. The van der Waals surface area contributed by atoms with Gasteiger partial charge in [0.05, 0.1) is 24.2 Å². The van der Waals surface area contributed by atoms with Gasteiger partial charge in [0.2, 0.25) is 0 Å². The number of carbonyl (C=O) groups excluding carboxylic acids is 2. The predicted octanol–water partition coefficient (Wildman–Crippen LogP) is 1.29. The minimum absolute atomic E-state index is 0.0172. The summed E-state index contributed by atoms with van der Waals surface area (Å²) in [5.41, 5.74) is -0.0581. The molecule has 1 N–H and O–H groups in total. The lowest BCUT2D eigenvalue weighted by Gasteiger charge is -2.61. The van der Waals surface area contributed by atoms with Crippen molar-refractivity contribution in [3.8, 4) is 11.5 Å². The molecule has 2 heterocycles. The molecular formula is C20H23NO6. The van der Waals surface area contributed by atoms with Crippen LogP contribution in [0, 0.1) is 0 Å². The number of hydroxylamine groups is 2. The third-order valence-electron chi connectivity index (χ3n) is 6.92. The van der Waals surface area contributed by atoms with Gasteiger partial charge >= 0.3 is 5.97 Å². The van der Waals surface area contributed by atoms with Crippen LogP contribution in [0.1, 0.15) is 43.7 Å². The highest BCUT2D eigenvalue weighted by molar-refractivity contribution is 5.90. The summed E-state index contributed by atoms with van der Waals surface area (Å²) >= 11 is 0. The van der Waals surface area contributed by atoms with Crippen LogP contribution in [0.4, 0.5) is 0 Å². The first kappa shape index (κ1) is 17.0. The van der Waals surface area contributed by atoms with E-state index in [4.69, 9.17) is 14.3 Å². The van der Waals surface area contributed by atoms with Crippen molar-refractivity contribution in [2.45, 2.75) is 62.2 Å². The molecule has 1 unspecified atom stereocenters. The highest BCUT2D eigenvalue weighted by Crippen LogP contribution is 2.64. The normalized spacial score (nSPS) is 36.0. The van der Waals surface area contributed by atoms with Crippen molar-refractivity contribution in [3.05, 3.63) is 23.3 Å². The Labute approximate surface area is 157 Å². The number of methoxy groups -OCH3 is 1. The molecule has 2 aliphatic carbocycles. The largest absolute Gasteiger partial charge is 0.493 e. The Bertz CT molecular complexity index is 853. The number of nitrogens with zero attached hydrogens (tertiary/aromatic N) is 1. The average Bonchev–Trinajstić information content (AvgIpc) is 3.02. The predicted molar refractivity (Wildman–Crippen MR) is 93.5 cm³/mol. The fourth-order valence-corrected chi connectivity index (χ4v) is 5.74. The van der Waals surface area contributed by atoms with Gasteiger partial charge in [-0.25, -0.2) is 0 Å². The van der Waals surface area contributed by atoms with Gasteiger partial charge in [-0.15, -0.1) is 5.06 Å². The Morgan fingerprint density at radius 3 is 2.96 bits per heavy atom. The lowest BCUT2D eigenvalue weighted by Crippen LogP contribution is -2.76. The van der Waals surface area contributed by atoms with E-state index in [1.165, 1.54) is 0 Å². The zero-order valence-electron chi connectivity index (χ0n) is 15.5. The molecule has 2 fully saturated rings. The third kappa shape index (κ3) is 1.88. The summed E-state index contributed by atoms with van der Waals surface area (Å²) in [4.78, 5) is 30.3. The number of aliphatic hydroxyl groups is 1. The Kier molecular flexibility index (Phi) is 3.44. The van der Waals surface area contributed by atoms with Crippen molar-refractivity contribution in [1.29, 1.82) is 0 Å². The number of ether oxygens (including phenoxy) is 2. The van der Waals surface area contributed by atoms with E-state index in [0.29, 0.717) is 37.3 Å². The van der Waals surface area contributed by atoms with Gasteiger partial charge in [0.25, 0.3) is 0 Å². The molecule has 7 heteroatoms. The van der Waals surface area contributed by atoms with E-state index in [1.807, 2.05) is 12.1 Å². The summed E-state index contributed by atoms with van der Waals surface area (Å²) in [6, 6.07) is 3.42. The van der Waals surface area contributed by atoms with Crippen molar-refractivity contribution in [1.82, 2.24) is 5.06 Å². The van der Waals surface area contributed by atoms with Crippen molar-refractivity contribution in [3.63, 3.8) is 0 Å². The molecule has 0 radical (unpaired) electrons. The Balaban J connectivity index is 1.71. The van der Waals surface area contributed by atoms with E-state index >= 15 is 0 Å². The molecule has 27 heavy (non-hydrogen) atoms. The van der Waals surface area contributed by atoms with Crippen LogP contribution in [-0.2, 0) is 26.3 Å². The SMILES string of the molecule is CCC(=O)ON1CC[C@@]23c4c5ccc(OC)c4O[C@@H]2C(=O)CC[C@]3(O)C1C5.